The molecule has 0 aliphatic rings. The molecule has 12 heavy (non-hydrogen) atoms. The lowest BCUT2D eigenvalue weighted by Crippen LogP contribution is -2.09. The van der Waals surface area contributed by atoms with Crippen molar-refractivity contribution in [3.63, 3.8) is 0 Å². The summed E-state index contributed by atoms with van der Waals surface area (Å²) in [6.45, 7) is 1.07. The topological polar surface area (TPSA) is 35.0 Å². The smallest absolute Gasteiger partial charge is 0.316 e. The zero-order valence-electron chi connectivity index (χ0n) is 6.50. The van der Waals surface area contributed by atoms with Gasteiger partial charge in [0.25, 0.3) is 6.43 Å². The number of rotatable bonds is 3. The van der Waals surface area contributed by atoms with Crippen molar-refractivity contribution < 1.29 is 13.5 Å². The van der Waals surface area contributed by atoms with Gasteiger partial charge >= 0.3 is 6.01 Å². The van der Waals surface area contributed by atoms with Gasteiger partial charge in [0.1, 0.15) is 0 Å². The molecule has 0 aromatic carbocycles. The van der Waals surface area contributed by atoms with E-state index in [0.29, 0.717) is 5.69 Å². The van der Waals surface area contributed by atoms with Crippen molar-refractivity contribution in [2.24, 2.45) is 0 Å². The van der Waals surface area contributed by atoms with Gasteiger partial charge < -0.3 is 4.74 Å². The molecule has 66 valence electrons. The number of aryl methyl sites for hydroxylation is 1. The van der Waals surface area contributed by atoms with E-state index in [-0.39, 0.29) is 6.01 Å². The standard InChI is InChI=1S/C7H8F2N2O/c1-5-2-3-10-7(11-5)12-4-6(8)9/h2-3,6H,4H2,1H3. The first-order valence-corrected chi connectivity index (χ1v) is 3.39. The molecule has 5 heteroatoms. The van der Waals surface area contributed by atoms with Crippen molar-refractivity contribution in [3.8, 4) is 6.01 Å². The van der Waals surface area contributed by atoms with E-state index in [1.807, 2.05) is 0 Å². The lowest BCUT2D eigenvalue weighted by Gasteiger charge is -2.02. The zero-order valence-corrected chi connectivity index (χ0v) is 6.50. The fourth-order valence-corrected chi connectivity index (χ4v) is 0.633. The van der Waals surface area contributed by atoms with Crippen LogP contribution in [0.1, 0.15) is 5.69 Å². The van der Waals surface area contributed by atoms with E-state index in [9.17, 15) is 8.78 Å². The summed E-state index contributed by atoms with van der Waals surface area (Å²) < 4.78 is 27.9. The number of hydrogen-bond donors (Lipinski definition) is 0. The third-order valence-electron chi connectivity index (χ3n) is 1.11. The fraction of sp³-hybridized carbons (Fsp3) is 0.429. The van der Waals surface area contributed by atoms with E-state index >= 15 is 0 Å². The Morgan fingerprint density at radius 3 is 2.92 bits per heavy atom. The second kappa shape index (κ2) is 3.94. The summed E-state index contributed by atoms with van der Waals surface area (Å²) in [6, 6.07) is 1.66. The van der Waals surface area contributed by atoms with Crippen molar-refractivity contribution in [3.05, 3.63) is 18.0 Å². The average Bonchev–Trinajstić information content (AvgIpc) is 2.01. The summed E-state index contributed by atoms with van der Waals surface area (Å²) in [5.41, 5.74) is 0.689. The van der Waals surface area contributed by atoms with Crippen LogP contribution in [0.2, 0.25) is 0 Å². The highest BCUT2D eigenvalue weighted by molar-refractivity contribution is 5.02. The molecule has 0 saturated heterocycles. The van der Waals surface area contributed by atoms with Gasteiger partial charge in [-0.25, -0.2) is 18.7 Å². The van der Waals surface area contributed by atoms with E-state index in [2.05, 4.69) is 14.7 Å². The summed E-state index contributed by atoms with van der Waals surface area (Å²) in [6.07, 6.45) is -1.03. The number of aromatic nitrogens is 2. The molecule has 1 rings (SSSR count). The van der Waals surface area contributed by atoms with E-state index in [1.165, 1.54) is 6.20 Å². The lowest BCUT2D eigenvalue weighted by atomic mass is 10.5. The number of nitrogens with zero attached hydrogens (tertiary/aromatic N) is 2. The Labute approximate surface area is 68.4 Å². The number of hydrogen-bond acceptors (Lipinski definition) is 3. The van der Waals surface area contributed by atoms with Crippen molar-refractivity contribution >= 4 is 0 Å². The maximum atomic E-state index is 11.6. The van der Waals surface area contributed by atoms with Crippen molar-refractivity contribution in [2.45, 2.75) is 13.3 Å². The summed E-state index contributed by atoms with van der Waals surface area (Å²) in [5, 5.41) is 0. The van der Waals surface area contributed by atoms with Gasteiger partial charge in [-0.15, -0.1) is 0 Å². The monoisotopic (exact) mass is 174 g/mol. The molecule has 0 saturated carbocycles. The minimum atomic E-state index is -2.49. The fourth-order valence-electron chi connectivity index (χ4n) is 0.633. The maximum Gasteiger partial charge on any atom is 0.316 e. The van der Waals surface area contributed by atoms with Gasteiger partial charge in [0, 0.05) is 11.9 Å². The third-order valence-corrected chi connectivity index (χ3v) is 1.11. The predicted octanol–water partition coefficient (Wildman–Crippen LogP) is 1.43. The van der Waals surface area contributed by atoms with Gasteiger partial charge in [0.15, 0.2) is 6.61 Å². The zero-order chi connectivity index (χ0) is 8.97. The maximum absolute atomic E-state index is 11.6. The minimum absolute atomic E-state index is 0.00435. The van der Waals surface area contributed by atoms with Gasteiger partial charge in [-0.1, -0.05) is 0 Å². The molecule has 0 aliphatic carbocycles. The highest BCUT2D eigenvalue weighted by Crippen LogP contribution is 2.03. The quantitative estimate of drug-likeness (QED) is 0.695. The molecule has 0 N–H and O–H groups in total. The van der Waals surface area contributed by atoms with E-state index in [4.69, 9.17) is 0 Å². The Balaban J connectivity index is 2.52. The van der Waals surface area contributed by atoms with Crippen LogP contribution in [0.25, 0.3) is 0 Å². The second-order valence-electron chi connectivity index (χ2n) is 2.18. The van der Waals surface area contributed by atoms with Gasteiger partial charge in [-0.2, -0.15) is 0 Å². The molecule has 1 aromatic heterocycles. The Morgan fingerprint density at radius 1 is 1.58 bits per heavy atom. The Kier molecular flexibility index (Phi) is 2.90. The number of ether oxygens (including phenoxy) is 1. The number of halogens is 2. The third kappa shape index (κ3) is 2.77. The van der Waals surface area contributed by atoms with Gasteiger partial charge in [0.2, 0.25) is 0 Å². The molecule has 0 amide bonds. The Bertz CT molecular complexity index is 255. The van der Waals surface area contributed by atoms with E-state index < -0.39 is 13.0 Å². The van der Waals surface area contributed by atoms with Crippen LogP contribution in [0.4, 0.5) is 8.78 Å². The highest BCUT2D eigenvalue weighted by Gasteiger charge is 2.04. The molecule has 0 bridgehead atoms. The summed E-state index contributed by atoms with van der Waals surface area (Å²) >= 11 is 0. The molecule has 1 heterocycles. The van der Waals surface area contributed by atoms with Crippen molar-refractivity contribution in [2.75, 3.05) is 6.61 Å². The average molecular weight is 174 g/mol. The summed E-state index contributed by atoms with van der Waals surface area (Å²) in [5.74, 6) is 0. The van der Waals surface area contributed by atoms with Crippen LogP contribution < -0.4 is 4.74 Å². The molecular weight excluding hydrogens is 166 g/mol. The van der Waals surface area contributed by atoms with Crippen molar-refractivity contribution in [1.29, 1.82) is 0 Å². The summed E-state index contributed by atoms with van der Waals surface area (Å²) in [7, 11) is 0. The second-order valence-corrected chi connectivity index (χ2v) is 2.18. The minimum Gasteiger partial charge on any atom is -0.457 e. The normalized spacial score (nSPS) is 10.3. The van der Waals surface area contributed by atoms with Crippen LogP contribution in [0.5, 0.6) is 6.01 Å². The molecule has 0 spiro atoms. The molecule has 0 atom stereocenters. The lowest BCUT2D eigenvalue weighted by molar-refractivity contribution is 0.0769. The molecule has 1 aromatic rings. The number of alkyl halides is 2. The van der Waals surface area contributed by atoms with Crippen molar-refractivity contribution in [1.82, 2.24) is 9.97 Å². The van der Waals surface area contributed by atoms with Gasteiger partial charge in [-0.3, -0.25) is 0 Å². The first-order chi connectivity index (χ1) is 5.68. The Morgan fingerprint density at radius 2 is 2.33 bits per heavy atom. The Hall–Kier alpha value is -1.26. The van der Waals surface area contributed by atoms with Gasteiger partial charge in [-0.05, 0) is 13.0 Å². The SMILES string of the molecule is Cc1ccnc(OCC(F)F)n1. The molecule has 0 fully saturated rings. The van der Waals surface area contributed by atoms with Gasteiger partial charge in [0.05, 0.1) is 0 Å². The first kappa shape index (κ1) is 8.83. The molecule has 3 nitrogen and oxygen atoms in total. The predicted molar refractivity (Wildman–Crippen MR) is 38.3 cm³/mol. The van der Waals surface area contributed by atoms with Crippen LogP contribution in [0.15, 0.2) is 12.3 Å². The van der Waals surface area contributed by atoms with E-state index in [1.54, 1.807) is 13.0 Å². The molecular formula is C7H8F2N2O. The van der Waals surface area contributed by atoms with Crippen LogP contribution in [-0.4, -0.2) is 23.0 Å². The molecule has 0 aliphatic heterocycles. The van der Waals surface area contributed by atoms with Crippen LogP contribution in [0, 0.1) is 6.92 Å². The van der Waals surface area contributed by atoms with Crippen LogP contribution >= 0.6 is 0 Å². The molecule has 0 radical (unpaired) electrons. The molecule has 0 unspecified atom stereocenters. The van der Waals surface area contributed by atoms with Crippen LogP contribution in [-0.2, 0) is 0 Å². The summed E-state index contributed by atoms with van der Waals surface area (Å²) in [4.78, 5) is 7.42. The van der Waals surface area contributed by atoms with E-state index in [0.717, 1.165) is 0 Å². The first-order valence-electron chi connectivity index (χ1n) is 3.39. The van der Waals surface area contributed by atoms with Crippen LogP contribution in [0.3, 0.4) is 0 Å². The highest BCUT2D eigenvalue weighted by atomic mass is 19.3. The largest absolute Gasteiger partial charge is 0.457 e.